The summed E-state index contributed by atoms with van der Waals surface area (Å²) in [5, 5.41) is 0. The van der Waals surface area contributed by atoms with E-state index in [0.717, 1.165) is 55.6 Å². The molecule has 0 bridgehead atoms. The Balaban J connectivity index is 1.11. The van der Waals surface area contributed by atoms with Crippen LogP contribution in [0.15, 0.2) is 206 Å². The lowest BCUT2D eigenvalue weighted by Gasteiger charge is -2.34. The van der Waals surface area contributed by atoms with Gasteiger partial charge >= 0.3 is 0 Å². The van der Waals surface area contributed by atoms with E-state index in [2.05, 4.69) is 163 Å². The number of benzene rings is 8. The maximum atomic E-state index is 8.25. The van der Waals surface area contributed by atoms with E-state index in [9.17, 15) is 0 Å². The Hall–Kier alpha value is -7.74. The van der Waals surface area contributed by atoms with Crippen molar-refractivity contribution in [2.24, 2.45) is 0 Å². The summed E-state index contributed by atoms with van der Waals surface area (Å²) in [7, 11) is 0. The zero-order chi connectivity index (χ0) is 38.2. The van der Waals surface area contributed by atoms with Crippen LogP contribution in [0.1, 0.15) is 22.3 Å². The number of aromatic nitrogens is 3. The summed E-state index contributed by atoms with van der Waals surface area (Å²) in [5.41, 5.74) is 13.9. The van der Waals surface area contributed by atoms with Crippen molar-refractivity contribution in [3.8, 4) is 67.5 Å². The maximum absolute atomic E-state index is 8.25. The van der Waals surface area contributed by atoms with Crippen LogP contribution in [0.3, 0.4) is 0 Å². The van der Waals surface area contributed by atoms with Crippen molar-refractivity contribution in [2.75, 3.05) is 0 Å². The fraction of sp³-hybridized carbons (Fsp3) is 0.0189. The van der Waals surface area contributed by atoms with E-state index in [1.165, 1.54) is 16.7 Å². The highest BCUT2D eigenvalue weighted by Crippen LogP contribution is 2.59. The molecule has 0 amide bonds. The van der Waals surface area contributed by atoms with E-state index in [1.807, 2.05) is 48.5 Å². The zero-order valence-electron chi connectivity index (χ0n) is 30.9. The van der Waals surface area contributed by atoms with Crippen molar-refractivity contribution < 1.29 is 0 Å². The first-order valence-electron chi connectivity index (χ1n) is 19.1. The second-order valence-electron chi connectivity index (χ2n) is 14.3. The molecule has 0 spiro atoms. The van der Waals surface area contributed by atoms with Crippen molar-refractivity contribution in [1.82, 2.24) is 15.0 Å². The predicted molar refractivity (Wildman–Crippen MR) is 231 cm³/mol. The molecule has 0 atom stereocenters. The van der Waals surface area contributed by atoms with E-state index < -0.39 is 5.41 Å². The standard InChI is InChI=1S/C53H34N4/c1-54-48-27-15-26-47-49(48)45-35-41(32-33-46(45)53(47,43-22-10-4-11-23-43)44-24-12-5-13-25-44)40-20-14-21-42(34-40)52-56-50(38-18-8-3-9-19-38)55-51(57-52)39-30-28-37(29-31-39)36-16-6-2-7-17-36/h2-35H. The largest absolute Gasteiger partial charge is 0.238 e. The summed E-state index contributed by atoms with van der Waals surface area (Å²) < 4.78 is 0. The Morgan fingerprint density at radius 2 is 0.789 bits per heavy atom. The number of nitrogens with zero attached hydrogens (tertiary/aromatic N) is 4. The summed E-state index contributed by atoms with van der Waals surface area (Å²) >= 11 is 0. The smallest absolute Gasteiger partial charge is 0.195 e. The molecule has 4 nitrogen and oxygen atoms in total. The Kier molecular flexibility index (Phi) is 8.39. The normalized spacial score (nSPS) is 12.3. The number of hydrogen-bond acceptors (Lipinski definition) is 3. The van der Waals surface area contributed by atoms with E-state index in [0.29, 0.717) is 23.2 Å². The van der Waals surface area contributed by atoms with Gasteiger partial charge in [-0.15, -0.1) is 0 Å². The van der Waals surface area contributed by atoms with Crippen molar-refractivity contribution in [1.29, 1.82) is 0 Å². The summed E-state index contributed by atoms with van der Waals surface area (Å²) in [4.78, 5) is 19.2. The number of hydrogen-bond donors (Lipinski definition) is 0. The Morgan fingerprint density at radius 3 is 1.40 bits per heavy atom. The molecule has 266 valence electrons. The molecular formula is C53H34N4. The Bertz CT molecular complexity index is 2900. The van der Waals surface area contributed by atoms with E-state index >= 15 is 0 Å². The van der Waals surface area contributed by atoms with Gasteiger partial charge in [0.05, 0.1) is 12.0 Å². The van der Waals surface area contributed by atoms with Crippen LogP contribution in [0.25, 0.3) is 72.4 Å². The highest BCUT2D eigenvalue weighted by atomic mass is 15.0. The Morgan fingerprint density at radius 1 is 0.351 bits per heavy atom. The van der Waals surface area contributed by atoms with Gasteiger partial charge in [-0.05, 0) is 67.8 Å². The average Bonchev–Trinajstić information content (AvgIpc) is 3.61. The molecule has 57 heavy (non-hydrogen) atoms. The van der Waals surface area contributed by atoms with Crippen molar-refractivity contribution >= 4 is 5.69 Å². The molecule has 0 aliphatic heterocycles. The second kappa shape index (κ2) is 14.2. The minimum Gasteiger partial charge on any atom is -0.238 e. The summed E-state index contributed by atoms with van der Waals surface area (Å²) in [6.45, 7) is 8.25. The van der Waals surface area contributed by atoms with Gasteiger partial charge in [-0.3, -0.25) is 0 Å². The summed E-state index contributed by atoms with van der Waals surface area (Å²) in [5.74, 6) is 1.83. The minimum atomic E-state index is -0.581. The lowest BCUT2D eigenvalue weighted by molar-refractivity contribution is 0.769. The summed E-state index contributed by atoms with van der Waals surface area (Å²) in [6.07, 6.45) is 0. The van der Waals surface area contributed by atoms with Gasteiger partial charge in [0.2, 0.25) is 0 Å². The highest BCUT2D eigenvalue weighted by Gasteiger charge is 2.46. The molecule has 0 saturated carbocycles. The van der Waals surface area contributed by atoms with Crippen LogP contribution in [-0.4, -0.2) is 15.0 Å². The Labute approximate surface area is 332 Å². The fourth-order valence-corrected chi connectivity index (χ4v) is 8.43. The van der Waals surface area contributed by atoms with Crippen LogP contribution < -0.4 is 0 Å². The number of rotatable bonds is 7. The fourth-order valence-electron chi connectivity index (χ4n) is 8.43. The van der Waals surface area contributed by atoms with Crippen LogP contribution in [0.2, 0.25) is 0 Å². The van der Waals surface area contributed by atoms with Gasteiger partial charge in [0, 0.05) is 16.7 Å². The van der Waals surface area contributed by atoms with E-state index in [4.69, 9.17) is 21.5 Å². The van der Waals surface area contributed by atoms with E-state index in [-0.39, 0.29) is 0 Å². The quantitative estimate of drug-likeness (QED) is 0.154. The van der Waals surface area contributed by atoms with Gasteiger partial charge in [0.25, 0.3) is 0 Å². The van der Waals surface area contributed by atoms with Gasteiger partial charge in [-0.1, -0.05) is 194 Å². The molecule has 0 radical (unpaired) electrons. The van der Waals surface area contributed by atoms with E-state index in [1.54, 1.807) is 0 Å². The molecule has 0 fully saturated rings. The van der Waals surface area contributed by atoms with Crippen molar-refractivity contribution in [3.05, 3.63) is 240 Å². The first kappa shape index (κ1) is 33.8. The molecule has 1 aliphatic carbocycles. The topological polar surface area (TPSA) is 43.0 Å². The lowest BCUT2D eigenvalue weighted by Crippen LogP contribution is -2.28. The molecule has 1 aliphatic rings. The van der Waals surface area contributed by atoms with Gasteiger partial charge in [0.15, 0.2) is 23.2 Å². The maximum Gasteiger partial charge on any atom is 0.195 e. The molecule has 9 aromatic rings. The molecule has 0 saturated heterocycles. The SMILES string of the molecule is [C-]#[N+]c1cccc2c1-c1cc(-c3cccc(-c4nc(-c5ccccc5)nc(-c5ccc(-c6ccccc6)cc5)n4)c3)ccc1C2(c1ccccc1)c1ccccc1. The summed E-state index contributed by atoms with van der Waals surface area (Å²) in [6, 6.07) is 71.5. The van der Waals surface area contributed by atoms with Gasteiger partial charge in [-0.25, -0.2) is 19.8 Å². The van der Waals surface area contributed by atoms with Crippen LogP contribution >= 0.6 is 0 Å². The van der Waals surface area contributed by atoms with Crippen LogP contribution in [0.5, 0.6) is 0 Å². The van der Waals surface area contributed by atoms with Crippen LogP contribution in [-0.2, 0) is 5.41 Å². The molecular weight excluding hydrogens is 693 g/mol. The zero-order valence-corrected chi connectivity index (χ0v) is 30.9. The second-order valence-corrected chi connectivity index (χ2v) is 14.3. The molecule has 1 aromatic heterocycles. The minimum absolute atomic E-state index is 0.581. The third kappa shape index (κ3) is 5.82. The molecule has 4 heteroatoms. The first-order chi connectivity index (χ1) is 28.2. The van der Waals surface area contributed by atoms with Gasteiger partial charge < -0.3 is 0 Å². The lowest BCUT2D eigenvalue weighted by atomic mass is 9.67. The molecule has 8 aromatic carbocycles. The monoisotopic (exact) mass is 726 g/mol. The molecule has 1 heterocycles. The average molecular weight is 727 g/mol. The van der Waals surface area contributed by atoms with Gasteiger partial charge in [0.1, 0.15) is 0 Å². The van der Waals surface area contributed by atoms with Crippen LogP contribution in [0, 0.1) is 6.57 Å². The molecule has 0 unspecified atom stereocenters. The van der Waals surface area contributed by atoms with Crippen molar-refractivity contribution in [2.45, 2.75) is 5.41 Å². The first-order valence-corrected chi connectivity index (χ1v) is 19.1. The van der Waals surface area contributed by atoms with Crippen molar-refractivity contribution in [3.63, 3.8) is 0 Å². The third-order valence-electron chi connectivity index (χ3n) is 11.0. The number of fused-ring (bicyclic) bond motifs is 3. The predicted octanol–water partition coefficient (Wildman–Crippen LogP) is 13.1. The highest BCUT2D eigenvalue weighted by molar-refractivity contribution is 5.95. The van der Waals surface area contributed by atoms with Crippen LogP contribution in [0.4, 0.5) is 5.69 Å². The molecule has 0 N–H and O–H groups in total. The third-order valence-corrected chi connectivity index (χ3v) is 11.0. The molecule has 10 rings (SSSR count). The van der Waals surface area contributed by atoms with Gasteiger partial charge in [-0.2, -0.15) is 0 Å².